The molecular weight excluding hydrogens is 234 g/mol. The lowest BCUT2D eigenvalue weighted by molar-refractivity contribution is 0.0553. The third-order valence-corrected chi connectivity index (χ3v) is 2.82. The van der Waals surface area contributed by atoms with E-state index in [1.54, 1.807) is 6.07 Å². The summed E-state index contributed by atoms with van der Waals surface area (Å²) in [6.07, 6.45) is 0. The van der Waals surface area contributed by atoms with Crippen molar-refractivity contribution in [2.45, 2.75) is 6.92 Å². The van der Waals surface area contributed by atoms with Crippen LogP contribution in [0.3, 0.4) is 0 Å². The molecule has 5 heteroatoms. The number of fused-ring (bicyclic) bond motifs is 1. The number of ether oxygens (including phenoxy) is 2. The molecule has 1 N–H and O–H groups in total. The number of para-hydroxylation sites is 1. The summed E-state index contributed by atoms with van der Waals surface area (Å²) in [5.74, 6) is -1.15. The van der Waals surface area contributed by atoms with Crippen LogP contribution in [0.1, 0.15) is 26.4 Å². The molecule has 0 amide bonds. The van der Waals surface area contributed by atoms with Gasteiger partial charge in [-0.15, -0.1) is 0 Å². The molecule has 0 spiro atoms. The molecule has 0 saturated carbocycles. The maximum atomic E-state index is 11.8. The van der Waals surface area contributed by atoms with Crippen LogP contribution in [0.2, 0.25) is 0 Å². The average Bonchev–Trinajstić information content (AvgIpc) is 2.77. The third kappa shape index (κ3) is 1.73. The van der Waals surface area contributed by atoms with Gasteiger partial charge in [-0.1, -0.05) is 18.2 Å². The van der Waals surface area contributed by atoms with Gasteiger partial charge in [0.15, 0.2) is 0 Å². The Morgan fingerprint density at radius 1 is 1.11 bits per heavy atom. The maximum Gasteiger partial charge on any atom is 0.355 e. The van der Waals surface area contributed by atoms with Crippen molar-refractivity contribution >= 4 is 22.8 Å². The van der Waals surface area contributed by atoms with Crippen molar-refractivity contribution < 1.29 is 19.1 Å². The predicted octanol–water partition coefficient (Wildman–Crippen LogP) is 2.05. The van der Waals surface area contributed by atoms with E-state index < -0.39 is 11.9 Å². The van der Waals surface area contributed by atoms with Gasteiger partial charge in [0.1, 0.15) is 5.69 Å². The smallest absolute Gasteiger partial charge is 0.355 e. The van der Waals surface area contributed by atoms with E-state index in [4.69, 9.17) is 4.74 Å². The van der Waals surface area contributed by atoms with E-state index in [0.29, 0.717) is 5.39 Å². The largest absolute Gasteiger partial charge is 0.465 e. The van der Waals surface area contributed by atoms with Gasteiger partial charge in [0, 0.05) is 10.9 Å². The number of benzene rings is 1. The topological polar surface area (TPSA) is 68.4 Å². The van der Waals surface area contributed by atoms with Crippen molar-refractivity contribution in [2.75, 3.05) is 14.2 Å². The fourth-order valence-corrected chi connectivity index (χ4v) is 1.93. The number of carbonyl (C=O) groups excluding carboxylic acids is 2. The zero-order valence-electron chi connectivity index (χ0n) is 10.4. The molecule has 0 atom stereocenters. The standard InChI is InChI=1S/C13H13NO4/c1-7-5-4-6-8-9(12(15)17-2)11(13(16)18-3)14-10(7)8/h4-6,14H,1-3H3. The molecule has 0 aliphatic rings. The highest BCUT2D eigenvalue weighted by Crippen LogP contribution is 2.26. The van der Waals surface area contributed by atoms with Crippen LogP contribution in [0.4, 0.5) is 0 Å². The molecule has 2 rings (SSSR count). The van der Waals surface area contributed by atoms with E-state index in [2.05, 4.69) is 9.72 Å². The summed E-state index contributed by atoms with van der Waals surface area (Å²) in [7, 11) is 2.54. The minimum atomic E-state index is -0.592. The normalized spacial score (nSPS) is 10.4. The van der Waals surface area contributed by atoms with Crippen LogP contribution in [0.15, 0.2) is 18.2 Å². The average molecular weight is 247 g/mol. The number of H-pyrrole nitrogens is 1. The summed E-state index contributed by atoms with van der Waals surface area (Å²) < 4.78 is 9.37. The molecule has 1 aromatic carbocycles. The first-order chi connectivity index (χ1) is 8.60. The van der Waals surface area contributed by atoms with E-state index in [1.165, 1.54) is 14.2 Å². The molecule has 1 heterocycles. The molecule has 5 nitrogen and oxygen atoms in total. The number of nitrogens with one attached hydrogen (secondary N) is 1. The number of rotatable bonds is 2. The van der Waals surface area contributed by atoms with Crippen LogP contribution in [-0.2, 0) is 9.47 Å². The lowest BCUT2D eigenvalue weighted by Gasteiger charge is -2.00. The molecule has 1 aromatic heterocycles. The lowest BCUT2D eigenvalue weighted by atomic mass is 10.1. The summed E-state index contributed by atoms with van der Waals surface area (Å²) in [4.78, 5) is 26.4. The zero-order valence-corrected chi connectivity index (χ0v) is 10.4. The monoisotopic (exact) mass is 247 g/mol. The summed E-state index contributed by atoms with van der Waals surface area (Å²) in [5.41, 5.74) is 2.00. The van der Waals surface area contributed by atoms with Gasteiger partial charge in [-0.05, 0) is 12.5 Å². The number of methoxy groups -OCH3 is 2. The first kappa shape index (κ1) is 12.2. The highest BCUT2D eigenvalue weighted by atomic mass is 16.5. The van der Waals surface area contributed by atoms with Gasteiger partial charge >= 0.3 is 11.9 Å². The molecule has 0 unspecified atom stereocenters. The predicted molar refractivity (Wildman–Crippen MR) is 65.7 cm³/mol. The Labute approximate surface area is 104 Å². The second kappa shape index (κ2) is 4.52. The number of aromatic amines is 1. The van der Waals surface area contributed by atoms with E-state index in [1.807, 2.05) is 19.1 Å². The van der Waals surface area contributed by atoms with Crippen molar-refractivity contribution in [1.29, 1.82) is 0 Å². The fourth-order valence-electron chi connectivity index (χ4n) is 1.93. The van der Waals surface area contributed by atoms with Crippen LogP contribution in [0.5, 0.6) is 0 Å². The summed E-state index contributed by atoms with van der Waals surface area (Å²) in [6, 6.07) is 5.47. The van der Waals surface area contributed by atoms with E-state index in [0.717, 1.165) is 11.1 Å². The summed E-state index contributed by atoms with van der Waals surface area (Å²) >= 11 is 0. The molecule has 94 valence electrons. The van der Waals surface area contributed by atoms with E-state index >= 15 is 0 Å². The van der Waals surface area contributed by atoms with Crippen LogP contribution in [0.25, 0.3) is 10.9 Å². The molecule has 0 aliphatic heterocycles. The Kier molecular flexibility index (Phi) is 3.06. The molecule has 0 bridgehead atoms. The highest BCUT2D eigenvalue weighted by Gasteiger charge is 2.24. The van der Waals surface area contributed by atoms with Crippen molar-refractivity contribution in [3.63, 3.8) is 0 Å². The molecule has 0 fully saturated rings. The number of hydrogen-bond donors (Lipinski definition) is 1. The SMILES string of the molecule is COC(=O)c1[nH]c2c(C)cccc2c1C(=O)OC. The van der Waals surface area contributed by atoms with Crippen molar-refractivity contribution in [2.24, 2.45) is 0 Å². The Balaban J connectivity index is 2.80. The Hall–Kier alpha value is -2.30. The van der Waals surface area contributed by atoms with Gasteiger partial charge in [0.05, 0.1) is 19.8 Å². The van der Waals surface area contributed by atoms with E-state index in [9.17, 15) is 9.59 Å². The quantitative estimate of drug-likeness (QED) is 0.824. The Morgan fingerprint density at radius 2 is 1.78 bits per heavy atom. The molecule has 0 radical (unpaired) electrons. The van der Waals surface area contributed by atoms with Crippen LogP contribution in [-0.4, -0.2) is 31.1 Å². The first-order valence-corrected chi connectivity index (χ1v) is 5.38. The second-order valence-electron chi connectivity index (χ2n) is 3.86. The highest BCUT2D eigenvalue weighted by molar-refractivity contribution is 6.13. The van der Waals surface area contributed by atoms with Gasteiger partial charge < -0.3 is 14.5 Å². The minimum absolute atomic E-state index is 0.119. The molecule has 18 heavy (non-hydrogen) atoms. The molecular formula is C13H13NO4. The minimum Gasteiger partial charge on any atom is -0.465 e. The number of hydrogen-bond acceptors (Lipinski definition) is 4. The first-order valence-electron chi connectivity index (χ1n) is 5.38. The zero-order chi connectivity index (χ0) is 13.3. The van der Waals surface area contributed by atoms with Gasteiger partial charge in [-0.25, -0.2) is 9.59 Å². The molecule has 2 aromatic rings. The van der Waals surface area contributed by atoms with Gasteiger partial charge in [-0.3, -0.25) is 0 Å². The fraction of sp³-hybridized carbons (Fsp3) is 0.231. The number of esters is 2. The van der Waals surface area contributed by atoms with Crippen LogP contribution >= 0.6 is 0 Å². The Bertz CT molecular complexity index is 627. The van der Waals surface area contributed by atoms with Gasteiger partial charge in [-0.2, -0.15) is 0 Å². The number of carbonyl (C=O) groups is 2. The lowest BCUT2D eigenvalue weighted by Crippen LogP contribution is -2.10. The third-order valence-electron chi connectivity index (χ3n) is 2.82. The summed E-state index contributed by atoms with van der Waals surface area (Å²) in [6.45, 7) is 1.89. The van der Waals surface area contributed by atoms with E-state index in [-0.39, 0.29) is 11.3 Å². The number of aromatic nitrogens is 1. The van der Waals surface area contributed by atoms with Gasteiger partial charge in [0.2, 0.25) is 0 Å². The van der Waals surface area contributed by atoms with Crippen molar-refractivity contribution in [3.05, 3.63) is 35.0 Å². The van der Waals surface area contributed by atoms with Crippen LogP contribution in [0, 0.1) is 6.92 Å². The van der Waals surface area contributed by atoms with Gasteiger partial charge in [0.25, 0.3) is 0 Å². The van der Waals surface area contributed by atoms with Crippen molar-refractivity contribution in [1.82, 2.24) is 4.98 Å². The summed E-state index contributed by atoms with van der Waals surface area (Å²) in [5, 5.41) is 0.655. The van der Waals surface area contributed by atoms with Crippen LogP contribution < -0.4 is 0 Å². The Morgan fingerprint density at radius 3 is 2.39 bits per heavy atom. The molecule has 0 aliphatic carbocycles. The second-order valence-corrected chi connectivity index (χ2v) is 3.86. The van der Waals surface area contributed by atoms with Crippen molar-refractivity contribution in [3.8, 4) is 0 Å². The number of aryl methyl sites for hydroxylation is 1. The molecule has 0 saturated heterocycles. The maximum absolute atomic E-state index is 11.8.